The van der Waals surface area contributed by atoms with Crippen molar-refractivity contribution in [1.82, 2.24) is 4.98 Å². The number of aromatic nitrogens is 1. The Bertz CT molecular complexity index is 569. The normalized spacial score (nSPS) is 23.5. The second kappa shape index (κ2) is 5.17. The summed E-state index contributed by atoms with van der Waals surface area (Å²) in [5.74, 6) is 0.984. The molecule has 1 aliphatic carbocycles. The first-order valence-corrected chi connectivity index (χ1v) is 6.99. The number of nitrogens with zero attached hydrogens (tertiary/aromatic N) is 1. The van der Waals surface area contributed by atoms with Gasteiger partial charge in [-0.15, -0.1) is 0 Å². The van der Waals surface area contributed by atoms with Crippen LogP contribution in [0, 0.1) is 6.92 Å². The van der Waals surface area contributed by atoms with Gasteiger partial charge in [-0.2, -0.15) is 0 Å². The summed E-state index contributed by atoms with van der Waals surface area (Å²) in [6, 6.07) is 6.54. The van der Waals surface area contributed by atoms with Gasteiger partial charge in [-0.3, -0.25) is 4.98 Å². The molecule has 3 heteroatoms. The molecule has 2 aromatic rings. The number of fused-ring (bicyclic) bond motifs is 1. The van der Waals surface area contributed by atoms with E-state index in [1.165, 1.54) is 10.9 Å². The van der Waals surface area contributed by atoms with E-state index < -0.39 is 0 Å². The zero-order valence-electron chi connectivity index (χ0n) is 11.3. The van der Waals surface area contributed by atoms with E-state index >= 15 is 0 Å². The van der Waals surface area contributed by atoms with E-state index in [0.717, 1.165) is 36.8 Å². The molecule has 0 radical (unpaired) electrons. The molecule has 0 spiro atoms. The van der Waals surface area contributed by atoms with Gasteiger partial charge in [0, 0.05) is 29.2 Å². The molecule has 19 heavy (non-hydrogen) atoms. The summed E-state index contributed by atoms with van der Waals surface area (Å²) in [7, 11) is 0. The number of nitrogens with two attached hydrogens (primary N) is 1. The molecule has 0 atom stereocenters. The van der Waals surface area contributed by atoms with Crippen LogP contribution in [0.2, 0.25) is 0 Å². The molecule has 0 aliphatic heterocycles. The first-order chi connectivity index (χ1) is 9.24. The van der Waals surface area contributed by atoms with E-state index in [0.29, 0.717) is 12.1 Å². The minimum atomic E-state index is 0.304. The van der Waals surface area contributed by atoms with Crippen LogP contribution < -0.4 is 10.5 Å². The molecular weight excluding hydrogens is 236 g/mol. The molecular formula is C16H20N2O. The van der Waals surface area contributed by atoms with Crippen LogP contribution in [0.15, 0.2) is 30.6 Å². The van der Waals surface area contributed by atoms with Gasteiger partial charge in [-0.25, -0.2) is 0 Å². The van der Waals surface area contributed by atoms with Crippen molar-refractivity contribution < 1.29 is 4.74 Å². The molecule has 1 aliphatic rings. The van der Waals surface area contributed by atoms with Crippen LogP contribution >= 0.6 is 0 Å². The SMILES string of the molecule is Cc1cncc2cccc(OC3CCC(N)CC3)c12. The van der Waals surface area contributed by atoms with E-state index in [1.54, 1.807) is 0 Å². The third kappa shape index (κ3) is 2.56. The quantitative estimate of drug-likeness (QED) is 0.897. The fraction of sp³-hybridized carbons (Fsp3) is 0.438. The summed E-state index contributed by atoms with van der Waals surface area (Å²) in [5.41, 5.74) is 7.11. The summed E-state index contributed by atoms with van der Waals surface area (Å²) in [5, 5.41) is 2.33. The minimum absolute atomic E-state index is 0.304. The summed E-state index contributed by atoms with van der Waals surface area (Å²) in [6.07, 6.45) is 8.34. The molecule has 0 unspecified atom stereocenters. The fourth-order valence-corrected chi connectivity index (χ4v) is 2.86. The number of hydrogen-bond donors (Lipinski definition) is 1. The maximum absolute atomic E-state index is 6.21. The average molecular weight is 256 g/mol. The van der Waals surface area contributed by atoms with Crippen LogP contribution in [-0.2, 0) is 0 Å². The van der Waals surface area contributed by atoms with Crippen molar-refractivity contribution >= 4 is 10.8 Å². The molecule has 1 heterocycles. The van der Waals surface area contributed by atoms with Crippen molar-refractivity contribution in [2.24, 2.45) is 5.73 Å². The average Bonchev–Trinajstić information content (AvgIpc) is 2.42. The van der Waals surface area contributed by atoms with Crippen LogP contribution in [0.4, 0.5) is 0 Å². The van der Waals surface area contributed by atoms with Crippen molar-refractivity contribution in [2.75, 3.05) is 0 Å². The van der Waals surface area contributed by atoms with Crippen molar-refractivity contribution in [3.8, 4) is 5.75 Å². The lowest BCUT2D eigenvalue weighted by Gasteiger charge is -2.27. The highest BCUT2D eigenvalue weighted by molar-refractivity contribution is 5.90. The molecule has 1 fully saturated rings. The Balaban J connectivity index is 1.88. The van der Waals surface area contributed by atoms with Gasteiger partial charge in [0.25, 0.3) is 0 Å². The minimum Gasteiger partial charge on any atom is -0.490 e. The standard InChI is InChI=1S/C16H20N2O/c1-11-9-18-10-12-3-2-4-15(16(11)12)19-14-7-5-13(17)6-8-14/h2-4,9-10,13-14H,5-8,17H2,1H3. The highest BCUT2D eigenvalue weighted by Gasteiger charge is 2.20. The molecule has 100 valence electrons. The molecule has 2 N–H and O–H groups in total. The Labute approximate surface area is 113 Å². The highest BCUT2D eigenvalue weighted by Crippen LogP contribution is 2.31. The second-order valence-electron chi connectivity index (χ2n) is 5.47. The van der Waals surface area contributed by atoms with E-state index in [1.807, 2.05) is 18.5 Å². The van der Waals surface area contributed by atoms with Crippen LogP contribution in [0.3, 0.4) is 0 Å². The Kier molecular flexibility index (Phi) is 3.38. The van der Waals surface area contributed by atoms with Gasteiger partial charge >= 0.3 is 0 Å². The number of rotatable bonds is 2. The van der Waals surface area contributed by atoms with E-state index in [4.69, 9.17) is 10.5 Å². The summed E-state index contributed by atoms with van der Waals surface area (Å²) >= 11 is 0. The van der Waals surface area contributed by atoms with Crippen molar-refractivity contribution in [2.45, 2.75) is 44.8 Å². The molecule has 1 saturated carbocycles. The smallest absolute Gasteiger partial charge is 0.127 e. The maximum atomic E-state index is 6.21. The summed E-state index contributed by atoms with van der Waals surface area (Å²) in [4.78, 5) is 4.24. The summed E-state index contributed by atoms with van der Waals surface area (Å²) < 4.78 is 6.21. The predicted molar refractivity (Wildman–Crippen MR) is 77.3 cm³/mol. The Hall–Kier alpha value is -1.61. The molecule has 0 saturated heterocycles. The zero-order valence-corrected chi connectivity index (χ0v) is 11.3. The Morgan fingerprint density at radius 2 is 1.95 bits per heavy atom. The topological polar surface area (TPSA) is 48.1 Å². The van der Waals surface area contributed by atoms with Gasteiger partial charge in [-0.05, 0) is 44.2 Å². The van der Waals surface area contributed by atoms with Crippen LogP contribution in [0.5, 0.6) is 5.75 Å². The van der Waals surface area contributed by atoms with Crippen LogP contribution in [0.1, 0.15) is 31.2 Å². The van der Waals surface area contributed by atoms with E-state index in [2.05, 4.69) is 24.0 Å². The number of pyridine rings is 1. The first-order valence-electron chi connectivity index (χ1n) is 6.99. The van der Waals surface area contributed by atoms with E-state index in [-0.39, 0.29) is 0 Å². The molecule has 3 nitrogen and oxygen atoms in total. The number of aryl methyl sites for hydroxylation is 1. The van der Waals surface area contributed by atoms with Gasteiger partial charge in [-0.1, -0.05) is 12.1 Å². The third-order valence-electron chi connectivity index (χ3n) is 3.95. The first kappa shape index (κ1) is 12.4. The monoisotopic (exact) mass is 256 g/mol. The zero-order chi connectivity index (χ0) is 13.2. The van der Waals surface area contributed by atoms with Gasteiger partial charge in [0.05, 0.1) is 6.10 Å². The molecule has 0 amide bonds. The lowest BCUT2D eigenvalue weighted by molar-refractivity contribution is 0.149. The van der Waals surface area contributed by atoms with Crippen molar-refractivity contribution in [3.05, 3.63) is 36.2 Å². The van der Waals surface area contributed by atoms with Crippen molar-refractivity contribution in [3.63, 3.8) is 0 Å². The Morgan fingerprint density at radius 1 is 1.16 bits per heavy atom. The number of benzene rings is 1. The molecule has 1 aromatic heterocycles. The van der Waals surface area contributed by atoms with Gasteiger partial charge in [0.2, 0.25) is 0 Å². The van der Waals surface area contributed by atoms with Crippen molar-refractivity contribution in [1.29, 1.82) is 0 Å². The number of ether oxygens (including phenoxy) is 1. The van der Waals surface area contributed by atoms with Gasteiger partial charge < -0.3 is 10.5 Å². The predicted octanol–water partition coefficient (Wildman–Crippen LogP) is 3.19. The largest absolute Gasteiger partial charge is 0.490 e. The van der Waals surface area contributed by atoms with Gasteiger partial charge in [0.1, 0.15) is 5.75 Å². The third-order valence-corrected chi connectivity index (χ3v) is 3.95. The molecule has 1 aromatic carbocycles. The fourth-order valence-electron chi connectivity index (χ4n) is 2.86. The van der Waals surface area contributed by atoms with Gasteiger partial charge in [0.15, 0.2) is 0 Å². The van der Waals surface area contributed by atoms with Crippen LogP contribution in [0.25, 0.3) is 10.8 Å². The summed E-state index contributed by atoms with van der Waals surface area (Å²) in [6.45, 7) is 2.08. The van der Waals surface area contributed by atoms with E-state index in [9.17, 15) is 0 Å². The lowest BCUT2D eigenvalue weighted by atomic mass is 9.93. The lowest BCUT2D eigenvalue weighted by Crippen LogP contribution is -2.31. The molecule has 3 rings (SSSR count). The highest BCUT2D eigenvalue weighted by atomic mass is 16.5. The maximum Gasteiger partial charge on any atom is 0.127 e. The molecule has 0 bridgehead atoms. The number of hydrogen-bond acceptors (Lipinski definition) is 3. The Morgan fingerprint density at radius 3 is 2.74 bits per heavy atom. The second-order valence-corrected chi connectivity index (χ2v) is 5.47. The van der Waals surface area contributed by atoms with Crippen LogP contribution in [-0.4, -0.2) is 17.1 Å².